The molecule has 0 aliphatic rings. The Balaban J connectivity index is 2.71. The minimum Gasteiger partial charge on any atom is -0.0656 e. The van der Waals surface area contributed by atoms with E-state index in [4.69, 9.17) is 0 Å². The first-order valence-corrected chi connectivity index (χ1v) is 12.6. The molecular weight excluding hydrogens is 304 g/mol. The maximum absolute atomic E-state index is 2.44. The molecule has 0 bridgehead atoms. The molecular formula is C23H34Si. The van der Waals surface area contributed by atoms with Crippen LogP contribution in [0.4, 0.5) is 0 Å². The molecule has 0 radical (unpaired) electrons. The molecule has 0 heterocycles. The van der Waals surface area contributed by atoms with E-state index in [9.17, 15) is 0 Å². The van der Waals surface area contributed by atoms with Gasteiger partial charge in [-0.05, 0) is 60.9 Å². The average molecular weight is 339 g/mol. The fourth-order valence-electron chi connectivity index (χ4n) is 4.62. The second-order valence-electron chi connectivity index (χ2n) is 9.42. The molecule has 2 aromatic rings. The first kappa shape index (κ1) is 19.0. The fraction of sp³-hybridized carbons (Fsp3) is 0.478. The summed E-state index contributed by atoms with van der Waals surface area (Å²) in [6.45, 7) is 23.4. The molecule has 0 aromatic heterocycles. The van der Waals surface area contributed by atoms with Gasteiger partial charge in [0.15, 0.2) is 0 Å². The van der Waals surface area contributed by atoms with Crippen molar-refractivity contribution in [3.63, 3.8) is 0 Å². The Hall–Kier alpha value is -1.34. The largest absolute Gasteiger partial charge is 0.0782 e. The fourth-order valence-corrected chi connectivity index (χ4v) is 7.13. The SMILES string of the molecule is Cc1ccc(-c2cc(C)c([Si](C)(C)C)c(C)c2)c(C)c1C(C)(C)C. The topological polar surface area (TPSA) is 0 Å². The van der Waals surface area contributed by atoms with Crippen LogP contribution >= 0.6 is 0 Å². The molecule has 2 aromatic carbocycles. The number of hydrogen-bond donors (Lipinski definition) is 0. The van der Waals surface area contributed by atoms with Crippen molar-refractivity contribution in [1.29, 1.82) is 0 Å². The summed E-state index contributed by atoms with van der Waals surface area (Å²) in [5.41, 5.74) is 10.2. The van der Waals surface area contributed by atoms with Gasteiger partial charge in [0.2, 0.25) is 0 Å². The summed E-state index contributed by atoms with van der Waals surface area (Å²) in [5, 5.41) is 1.62. The zero-order valence-corrected chi connectivity index (χ0v) is 18.3. The Morgan fingerprint density at radius 2 is 1.25 bits per heavy atom. The van der Waals surface area contributed by atoms with Crippen molar-refractivity contribution in [2.75, 3.05) is 0 Å². The maximum atomic E-state index is 2.44. The summed E-state index contributed by atoms with van der Waals surface area (Å²) in [5.74, 6) is 0. The summed E-state index contributed by atoms with van der Waals surface area (Å²) in [4.78, 5) is 0. The predicted octanol–water partition coefficient (Wildman–Crippen LogP) is 6.43. The van der Waals surface area contributed by atoms with Crippen LogP contribution in [0.3, 0.4) is 0 Å². The van der Waals surface area contributed by atoms with Crippen LogP contribution in [-0.2, 0) is 5.41 Å². The van der Waals surface area contributed by atoms with Crippen molar-refractivity contribution in [2.45, 2.75) is 73.5 Å². The molecule has 0 saturated carbocycles. The summed E-state index contributed by atoms with van der Waals surface area (Å²) >= 11 is 0. The van der Waals surface area contributed by atoms with Crippen molar-refractivity contribution in [2.24, 2.45) is 0 Å². The summed E-state index contributed by atoms with van der Waals surface area (Å²) in [6, 6.07) is 9.41. The molecule has 24 heavy (non-hydrogen) atoms. The van der Waals surface area contributed by atoms with E-state index in [1.54, 1.807) is 5.19 Å². The molecule has 0 atom stereocenters. The lowest BCUT2D eigenvalue weighted by Crippen LogP contribution is -2.41. The Kier molecular flexibility index (Phi) is 4.89. The lowest BCUT2D eigenvalue weighted by molar-refractivity contribution is 0.582. The van der Waals surface area contributed by atoms with Gasteiger partial charge in [-0.2, -0.15) is 0 Å². The Labute approximate surface area is 150 Å². The second-order valence-corrected chi connectivity index (χ2v) is 14.4. The normalized spacial score (nSPS) is 12.6. The van der Waals surface area contributed by atoms with Gasteiger partial charge in [0, 0.05) is 0 Å². The van der Waals surface area contributed by atoms with Gasteiger partial charge in [-0.25, -0.2) is 0 Å². The van der Waals surface area contributed by atoms with Crippen molar-refractivity contribution >= 4 is 13.3 Å². The zero-order chi connectivity index (χ0) is 18.4. The molecule has 1 heteroatoms. The molecule has 0 unspecified atom stereocenters. The van der Waals surface area contributed by atoms with Gasteiger partial charge in [0.25, 0.3) is 0 Å². The Morgan fingerprint density at radius 1 is 0.750 bits per heavy atom. The van der Waals surface area contributed by atoms with E-state index in [1.807, 2.05) is 0 Å². The van der Waals surface area contributed by atoms with E-state index in [0.717, 1.165) is 0 Å². The molecule has 0 saturated heterocycles. The Bertz CT molecular complexity index is 745. The molecule has 0 amide bonds. The second kappa shape index (κ2) is 6.18. The number of hydrogen-bond acceptors (Lipinski definition) is 0. The molecule has 0 aliphatic heterocycles. The molecule has 2 rings (SSSR count). The lowest BCUT2D eigenvalue weighted by atomic mass is 9.79. The minimum absolute atomic E-state index is 0.173. The summed E-state index contributed by atoms with van der Waals surface area (Å²) < 4.78 is 0. The highest BCUT2D eigenvalue weighted by molar-refractivity contribution is 6.89. The van der Waals surface area contributed by atoms with E-state index in [-0.39, 0.29) is 5.41 Å². The third kappa shape index (κ3) is 3.51. The number of aryl methyl sites for hydroxylation is 3. The van der Waals surface area contributed by atoms with Gasteiger partial charge in [0.1, 0.15) is 0 Å². The molecule has 0 aliphatic carbocycles. The minimum atomic E-state index is -1.31. The van der Waals surface area contributed by atoms with E-state index < -0.39 is 8.07 Å². The number of rotatable bonds is 2. The van der Waals surface area contributed by atoms with E-state index in [2.05, 4.69) is 92.4 Å². The van der Waals surface area contributed by atoms with Gasteiger partial charge in [0.05, 0.1) is 8.07 Å². The van der Waals surface area contributed by atoms with Crippen molar-refractivity contribution in [3.05, 3.63) is 52.1 Å². The first-order valence-electron chi connectivity index (χ1n) is 9.07. The highest BCUT2D eigenvalue weighted by atomic mass is 28.3. The van der Waals surface area contributed by atoms with Gasteiger partial charge < -0.3 is 0 Å². The van der Waals surface area contributed by atoms with Gasteiger partial charge >= 0.3 is 0 Å². The molecule has 0 fully saturated rings. The summed E-state index contributed by atoms with van der Waals surface area (Å²) in [6.07, 6.45) is 0. The van der Waals surface area contributed by atoms with Crippen LogP contribution in [0.25, 0.3) is 11.1 Å². The molecule has 0 N–H and O–H groups in total. The van der Waals surface area contributed by atoms with Crippen LogP contribution in [0.1, 0.15) is 48.6 Å². The third-order valence-electron chi connectivity index (χ3n) is 5.02. The van der Waals surface area contributed by atoms with Crippen molar-refractivity contribution < 1.29 is 0 Å². The van der Waals surface area contributed by atoms with Crippen LogP contribution in [0.5, 0.6) is 0 Å². The maximum Gasteiger partial charge on any atom is 0.0782 e. The third-order valence-corrected chi connectivity index (χ3v) is 7.31. The van der Waals surface area contributed by atoms with E-state index in [0.29, 0.717) is 0 Å². The van der Waals surface area contributed by atoms with Crippen LogP contribution < -0.4 is 5.19 Å². The average Bonchev–Trinajstić information content (AvgIpc) is 2.34. The highest BCUT2D eigenvalue weighted by Crippen LogP contribution is 2.35. The van der Waals surface area contributed by atoms with Crippen LogP contribution in [-0.4, -0.2) is 8.07 Å². The van der Waals surface area contributed by atoms with Crippen LogP contribution in [0, 0.1) is 27.7 Å². The van der Waals surface area contributed by atoms with Crippen molar-refractivity contribution in [1.82, 2.24) is 0 Å². The highest BCUT2D eigenvalue weighted by Gasteiger charge is 2.24. The van der Waals surface area contributed by atoms with E-state index in [1.165, 1.54) is 38.9 Å². The van der Waals surface area contributed by atoms with E-state index >= 15 is 0 Å². The predicted molar refractivity (Wildman–Crippen MR) is 113 cm³/mol. The quantitative estimate of drug-likeness (QED) is 0.553. The van der Waals surface area contributed by atoms with Gasteiger partial charge in [-0.1, -0.05) is 81.0 Å². The van der Waals surface area contributed by atoms with Gasteiger partial charge in [-0.15, -0.1) is 0 Å². The molecule has 0 nitrogen and oxygen atoms in total. The standard InChI is InChI=1S/C23H34Si/c1-15-11-12-20(18(4)21(15)23(5,6)7)19-13-16(2)22(17(3)14-19)24(8,9)10/h11-14H,1-10H3. The van der Waals surface area contributed by atoms with Crippen LogP contribution in [0.2, 0.25) is 19.6 Å². The first-order chi connectivity index (χ1) is 10.8. The summed E-state index contributed by atoms with van der Waals surface area (Å²) in [7, 11) is -1.31. The lowest BCUT2D eigenvalue weighted by Gasteiger charge is -2.27. The smallest absolute Gasteiger partial charge is 0.0656 e. The van der Waals surface area contributed by atoms with Crippen LogP contribution in [0.15, 0.2) is 24.3 Å². The monoisotopic (exact) mass is 338 g/mol. The number of benzene rings is 2. The Morgan fingerprint density at radius 3 is 1.67 bits per heavy atom. The molecule has 0 spiro atoms. The zero-order valence-electron chi connectivity index (χ0n) is 17.3. The molecule has 130 valence electrons. The van der Waals surface area contributed by atoms with Crippen molar-refractivity contribution in [3.8, 4) is 11.1 Å². The van der Waals surface area contributed by atoms with Gasteiger partial charge in [-0.3, -0.25) is 0 Å².